The van der Waals surface area contributed by atoms with Crippen LogP contribution in [0.1, 0.15) is 41.5 Å². The van der Waals surface area contributed by atoms with Gasteiger partial charge < -0.3 is 18.9 Å². The Labute approximate surface area is 135 Å². The average Bonchev–Trinajstić information content (AvgIpc) is 2.71. The highest BCUT2D eigenvalue weighted by Gasteiger charge is 2.70. The summed E-state index contributed by atoms with van der Waals surface area (Å²) in [6.07, 6.45) is -0.664. The maximum absolute atomic E-state index is 12.6. The van der Waals surface area contributed by atoms with Crippen LogP contribution < -0.4 is 0 Å². The number of esters is 3. The molecule has 2 saturated heterocycles. The van der Waals surface area contributed by atoms with Crippen molar-refractivity contribution in [1.29, 1.82) is 0 Å². The minimum atomic E-state index is -1.92. The summed E-state index contributed by atoms with van der Waals surface area (Å²) < 4.78 is 21.3. The van der Waals surface area contributed by atoms with E-state index in [-0.39, 0.29) is 12.5 Å². The maximum Gasteiger partial charge on any atom is 0.353 e. The van der Waals surface area contributed by atoms with E-state index >= 15 is 0 Å². The summed E-state index contributed by atoms with van der Waals surface area (Å²) in [6.45, 7) is 10.1. The van der Waals surface area contributed by atoms with Crippen LogP contribution in [-0.2, 0) is 33.3 Å². The molecule has 3 atom stereocenters. The molecule has 0 N–H and O–H groups in total. The van der Waals surface area contributed by atoms with Crippen molar-refractivity contribution in [2.45, 2.75) is 59.0 Å². The number of ether oxygens (including phenoxy) is 4. The van der Waals surface area contributed by atoms with Gasteiger partial charge in [0.2, 0.25) is 0 Å². The minimum absolute atomic E-state index is 0.198. The van der Waals surface area contributed by atoms with Crippen molar-refractivity contribution in [1.82, 2.24) is 0 Å². The fourth-order valence-corrected chi connectivity index (χ4v) is 3.52. The second kappa shape index (κ2) is 5.78. The molecule has 7 nitrogen and oxygen atoms in total. The average molecular weight is 328 g/mol. The Morgan fingerprint density at radius 2 is 1.74 bits per heavy atom. The van der Waals surface area contributed by atoms with E-state index in [0.717, 1.165) is 0 Å². The van der Waals surface area contributed by atoms with Crippen molar-refractivity contribution in [2.24, 2.45) is 17.8 Å². The van der Waals surface area contributed by atoms with Gasteiger partial charge in [-0.3, -0.25) is 4.79 Å². The molecular weight excluding hydrogens is 304 g/mol. The largest absolute Gasteiger partial charge is 0.466 e. The van der Waals surface area contributed by atoms with Crippen molar-refractivity contribution >= 4 is 17.9 Å². The van der Waals surface area contributed by atoms with Crippen LogP contribution in [0, 0.1) is 17.8 Å². The van der Waals surface area contributed by atoms with Gasteiger partial charge in [0.25, 0.3) is 11.4 Å². The van der Waals surface area contributed by atoms with E-state index in [1.807, 2.05) is 13.8 Å². The number of cyclic esters (lactones) is 2. The molecule has 7 heteroatoms. The van der Waals surface area contributed by atoms with Crippen molar-refractivity contribution in [3.63, 3.8) is 0 Å². The molecule has 0 bridgehead atoms. The third-order valence-electron chi connectivity index (χ3n) is 4.29. The van der Waals surface area contributed by atoms with Crippen LogP contribution in [0.3, 0.4) is 0 Å². The van der Waals surface area contributed by atoms with Crippen LogP contribution in [0.5, 0.6) is 0 Å². The molecule has 2 aliphatic heterocycles. The van der Waals surface area contributed by atoms with Gasteiger partial charge in [0.1, 0.15) is 0 Å². The molecule has 0 aromatic rings. The number of carbonyl (C=O) groups excluding carboxylic acids is 3. The zero-order valence-corrected chi connectivity index (χ0v) is 14.4. The van der Waals surface area contributed by atoms with Gasteiger partial charge in [-0.2, -0.15) is 0 Å². The van der Waals surface area contributed by atoms with E-state index in [4.69, 9.17) is 18.9 Å². The summed E-state index contributed by atoms with van der Waals surface area (Å²) in [4.78, 5) is 37.6. The maximum atomic E-state index is 12.6. The van der Waals surface area contributed by atoms with Gasteiger partial charge in [-0.25, -0.2) is 9.59 Å². The molecule has 2 heterocycles. The van der Waals surface area contributed by atoms with Crippen LogP contribution in [0.4, 0.5) is 0 Å². The molecule has 0 saturated carbocycles. The Morgan fingerprint density at radius 1 is 1.22 bits per heavy atom. The zero-order chi connectivity index (χ0) is 17.6. The van der Waals surface area contributed by atoms with E-state index in [1.54, 1.807) is 13.8 Å². The van der Waals surface area contributed by atoms with Crippen LogP contribution >= 0.6 is 0 Å². The van der Waals surface area contributed by atoms with Gasteiger partial charge in [-0.05, 0) is 19.8 Å². The summed E-state index contributed by atoms with van der Waals surface area (Å²) in [5.74, 6) is -5.11. The SMILES string of the molecule is CCOC(=O)[C@@H]1[C@@H](C)OC2(C(=O)OC(C)(C)OC2=O)[C@H]1C(C)C. The first-order chi connectivity index (χ1) is 10.6. The zero-order valence-electron chi connectivity index (χ0n) is 14.4. The van der Waals surface area contributed by atoms with Gasteiger partial charge in [0.05, 0.1) is 18.6 Å². The standard InChI is InChI=1S/C16H24O7/c1-7-20-12(17)10-9(4)21-16(11(10)8(2)3)13(18)22-15(5,6)23-14(16)19/h8-11H,7H2,1-6H3/t9-,10-,11+/m1/s1. The molecule has 0 amide bonds. The fraction of sp³-hybridized carbons (Fsp3) is 0.812. The first-order valence-electron chi connectivity index (χ1n) is 7.88. The van der Waals surface area contributed by atoms with Crippen LogP contribution in [0.15, 0.2) is 0 Å². The van der Waals surface area contributed by atoms with Gasteiger partial charge in [-0.15, -0.1) is 0 Å². The summed E-state index contributed by atoms with van der Waals surface area (Å²) in [5.41, 5.74) is -1.92. The monoisotopic (exact) mass is 328 g/mol. The van der Waals surface area contributed by atoms with Crippen LogP contribution in [0.25, 0.3) is 0 Å². The number of hydrogen-bond donors (Lipinski definition) is 0. The molecule has 0 radical (unpaired) electrons. The lowest BCUT2D eigenvalue weighted by atomic mass is 9.72. The molecule has 23 heavy (non-hydrogen) atoms. The summed E-state index contributed by atoms with van der Waals surface area (Å²) in [6, 6.07) is 0. The van der Waals surface area contributed by atoms with E-state index in [9.17, 15) is 14.4 Å². The topological polar surface area (TPSA) is 88.1 Å². The van der Waals surface area contributed by atoms with Crippen LogP contribution in [0.2, 0.25) is 0 Å². The Bertz CT molecular complexity index is 503. The Kier molecular flexibility index (Phi) is 4.45. The van der Waals surface area contributed by atoms with Gasteiger partial charge in [-0.1, -0.05) is 13.8 Å². The highest BCUT2D eigenvalue weighted by Crippen LogP contribution is 2.49. The quantitative estimate of drug-likeness (QED) is 0.572. The molecule has 2 aliphatic rings. The van der Waals surface area contributed by atoms with E-state index in [2.05, 4.69) is 0 Å². The Hall–Kier alpha value is -1.63. The Balaban J connectivity index is 2.47. The van der Waals surface area contributed by atoms with Crippen LogP contribution in [-0.4, -0.2) is 42.0 Å². The number of rotatable bonds is 3. The molecule has 0 aromatic carbocycles. The second-order valence-electron chi connectivity index (χ2n) is 6.79. The second-order valence-corrected chi connectivity index (χ2v) is 6.79. The minimum Gasteiger partial charge on any atom is -0.466 e. The lowest BCUT2D eigenvalue weighted by Gasteiger charge is -2.41. The van der Waals surface area contributed by atoms with Gasteiger partial charge in [0.15, 0.2) is 0 Å². The molecular formula is C16H24O7. The smallest absolute Gasteiger partial charge is 0.353 e. The van der Waals surface area contributed by atoms with E-state index in [0.29, 0.717) is 0 Å². The fourth-order valence-electron chi connectivity index (χ4n) is 3.52. The van der Waals surface area contributed by atoms with Gasteiger partial charge >= 0.3 is 17.9 Å². The third-order valence-corrected chi connectivity index (χ3v) is 4.29. The molecule has 0 aromatic heterocycles. The highest BCUT2D eigenvalue weighted by molar-refractivity contribution is 6.06. The first-order valence-corrected chi connectivity index (χ1v) is 7.88. The normalized spacial score (nSPS) is 31.9. The number of carbonyl (C=O) groups is 3. The third kappa shape index (κ3) is 2.71. The van der Waals surface area contributed by atoms with E-state index < -0.39 is 47.2 Å². The molecule has 130 valence electrons. The Morgan fingerprint density at radius 3 is 2.17 bits per heavy atom. The highest BCUT2D eigenvalue weighted by atomic mass is 16.8. The van der Waals surface area contributed by atoms with Gasteiger partial charge in [0, 0.05) is 19.8 Å². The van der Waals surface area contributed by atoms with Crippen molar-refractivity contribution in [3.05, 3.63) is 0 Å². The summed E-state index contributed by atoms with van der Waals surface area (Å²) in [5, 5.41) is 0. The van der Waals surface area contributed by atoms with Crippen molar-refractivity contribution < 1.29 is 33.3 Å². The molecule has 1 spiro atoms. The molecule has 0 aliphatic carbocycles. The number of hydrogen-bond acceptors (Lipinski definition) is 7. The molecule has 0 unspecified atom stereocenters. The lowest BCUT2D eigenvalue weighted by molar-refractivity contribution is -0.267. The molecule has 2 rings (SSSR count). The summed E-state index contributed by atoms with van der Waals surface area (Å²) >= 11 is 0. The van der Waals surface area contributed by atoms with Crippen molar-refractivity contribution in [2.75, 3.05) is 6.61 Å². The first kappa shape index (κ1) is 17.7. The molecule has 2 fully saturated rings. The predicted octanol–water partition coefficient (Wildman–Crippen LogP) is 1.43. The van der Waals surface area contributed by atoms with Crippen molar-refractivity contribution in [3.8, 4) is 0 Å². The lowest BCUT2D eigenvalue weighted by Crippen LogP contribution is -2.63. The summed E-state index contributed by atoms with van der Waals surface area (Å²) in [7, 11) is 0. The predicted molar refractivity (Wildman–Crippen MR) is 78.0 cm³/mol. The van der Waals surface area contributed by atoms with E-state index in [1.165, 1.54) is 13.8 Å².